The number of anilines is 1. The van der Waals surface area contributed by atoms with Crippen LogP contribution in [0.25, 0.3) is 0 Å². The van der Waals surface area contributed by atoms with Crippen LogP contribution in [0.2, 0.25) is 0 Å². The molecule has 1 aromatic carbocycles. The topological polar surface area (TPSA) is 38.0 Å². The predicted molar refractivity (Wildman–Crippen MR) is 74.2 cm³/mol. The Kier molecular flexibility index (Phi) is 7.10. The van der Waals surface area contributed by atoms with Crippen molar-refractivity contribution in [3.8, 4) is 0 Å². The molecule has 0 heterocycles. The molecule has 0 atom stereocenters. The van der Waals surface area contributed by atoms with Gasteiger partial charge in [0.15, 0.2) is 0 Å². The first-order valence-electron chi connectivity index (χ1n) is 6.04. The van der Waals surface area contributed by atoms with Crippen LogP contribution in [0.4, 0.5) is 5.69 Å². The number of unbranched alkanes of at least 4 members (excludes halogenated alkanes) is 2. The molecule has 90 valence electrons. The molecule has 2 nitrogen and oxygen atoms in total. The molecule has 0 fully saturated rings. The highest BCUT2D eigenvalue weighted by Gasteiger charge is 2.00. The molecule has 16 heavy (non-hydrogen) atoms. The summed E-state index contributed by atoms with van der Waals surface area (Å²) in [6.07, 6.45) is 3.91. The van der Waals surface area contributed by atoms with Crippen molar-refractivity contribution in [1.82, 2.24) is 0 Å². The maximum atomic E-state index is 5.50. The zero-order valence-corrected chi connectivity index (χ0v) is 10.9. The lowest BCUT2D eigenvalue weighted by Crippen LogP contribution is -2.13. The van der Waals surface area contributed by atoms with Gasteiger partial charge in [0.1, 0.15) is 0 Å². The van der Waals surface area contributed by atoms with Crippen molar-refractivity contribution in [2.75, 3.05) is 24.2 Å². The average Bonchev–Trinajstić information content (AvgIpc) is 2.33. The Bertz CT molecular complexity index is 289. The Morgan fingerprint density at radius 2 is 2.06 bits per heavy atom. The van der Waals surface area contributed by atoms with E-state index in [0.29, 0.717) is 6.54 Å². The fourth-order valence-corrected chi connectivity index (χ4v) is 2.52. The first-order valence-corrected chi connectivity index (χ1v) is 7.02. The maximum Gasteiger partial charge on any atom is 0.0478 e. The first-order chi connectivity index (χ1) is 7.88. The molecule has 0 unspecified atom stereocenters. The van der Waals surface area contributed by atoms with E-state index in [2.05, 4.69) is 36.5 Å². The Balaban J connectivity index is 2.43. The molecular formula is C13H22N2S. The van der Waals surface area contributed by atoms with Crippen molar-refractivity contribution in [2.45, 2.75) is 31.1 Å². The summed E-state index contributed by atoms with van der Waals surface area (Å²) in [5.74, 6) is 1.20. The summed E-state index contributed by atoms with van der Waals surface area (Å²) in [6.45, 7) is 3.75. The standard InChI is InChI=1S/C13H22N2S/c1-2-3-6-11-16-13-8-5-4-7-12(13)15-10-9-14/h4-5,7-8,15H,2-3,6,9-11,14H2,1H3. The Morgan fingerprint density at radius 3 is 2.81 bits per heavy atom. The highest BCUT2D eigenvalue weighted by molar-refractivity contribution is 7.99. The fourth-order valence-electron chi connectivity index (χ4n) is 1.48. The van der Waals surface area contributed by atoms with Gasteiger partial charge in [0.25, 0.3) is 0 Å². The van der Waals surface area contributed by atoms with Crippen molar-refractivity contribution < 1.29 is 0 Å². The molecule has 1 aromatic rings. The van der Waals surface area contributed by atoms with Crippen molar-refractivity contribution in [3.05, 3.63) is 24.3 Å². The normalized spacial score (nSPS) is 10.4. The summed E-state index contributed by atoms with van der Waals surface area (Å²) in [5.41, 5.74) is 6.71. The lowest BCUT2D eigenvalue weighted by atomic mass is 10.3. The van der Waals surface area contributed by atoms with Crippen LogP contribution >= 0.6 is 11.8 Å². The zero-order valence-electron chi connectivity index (χ0n) is 10.0. The highest BCUT2D eigenvalue weighted by Crippen LogP contribution is 2.27. The first kappa shape index (κ1) is 13.4. The van der Waals surface area contributed by atoms with Gasteiger partial charge in [0.2, 0.25) is 0 Å². The van der Waals surface area contributed by atoms with E-state index in [0.717, 1.165) is 6.54 Å². The van der Waals surface area contributed by atoms with Gasteiger partial charge in [-0.3, -0.25) is 0 Å². The number of hydrogen-bond acceptors (Lipinski definition) is 3. The van der Waals surface area contributed by atoms with Gasteiger partial charge in [0, 0.05) is 23.7 Å². The molecule has 0 aliphatic carbocycles. The molecule has 0 saturated heterocycles. The van der Waals surface area contributed by atoms with Gasteiger partial charge in [-0.1, -0.05) is 31.9 Å². The average molecular weight is 238 g/mol. The fraction of sp³-hybridized carbons (Fsp3) is 0.538. The Hall–Kier alpha value is -0.670. The molecule has 0 saturated carbocycles. The van der Waals surface area contributed by atoms with Gasteiger partial charge >= 0.3 is 0 Å². The van der Waals surface area contributed by atoms with Gasteiger partial charge < -0.3 is 11.1 Å². The Labute approximate surface area is 103 Å². The minimum absolute atomic E-state index is 0.675. The third kappa shape index (κ3) is 4.90. The molecule has 1 rings (SSSR count). The maximum absolute atomic E-state index is 5.50. The zero-order chi connectivity index (χ0) is 11.6. The van der Waals surface area contributed by atoms with Gasteiger partial charge in [-0.2, -0.15) is 0 Å². The molecule has 0 spiro atoms. The van der Waals surface area contributed by atoms with Crippen molar-refractivity contribution >= 4 is 17.4 Å². The quantitative estimate of drug-likeness (QED) is 0.539. The second kappa shape index (κ2) is 8.48. The van der Waals surface area contributed by atoms with Crippen LogP contribution < -0.4 is 11.1 Å². The van der Waals surface area contributed by atoms with Crippen molar-refractivity contribution in [3.63, 3.8) is 0 Å². The number of para-hydroxylation sites is 1. The molecule has 3 heteroatoms. The van der Waals surface area contributed by atoms with Crippen LogP contribution in [0.15, 0.2) is 29.2 Å². The van der Waals surface area contributed by atoms with Crippen LogP contribution in [0.3, 0.4) is 0 Å². The minimum Gasteiger partial charge on any atom is -0.383 e. The molecular weight excluding hydrogens is 216 g/mol. The van der Waals surface area contributed by atoms with Crippen LogP contribution in [0.5, 0.6) is 0 Å². The third-order valence-electron chi connectivity index (χ3n) is 2.35. The van der Waals surface area contributed by atoms with E-state index in [-0.39, 0.29) is 0 Å². The number of thioether (sulfide) groups is 1. The largest absolute Gasteiger partial charge is 0.383 e. The minimum atomic E-state index is 0.675. The number of hydrogen-bond donors (Lipinski definition) is 2. The van der Waals surface area contributed by atoms with E-state index in [4.69, 9.17) is 5.73 Å². The van der Waals surface area contributed by atoms with Gasteiger partial charge in [-0.25, -0.2) is 0 Å². The van der Waals surface area contributed by atoms with E-state index >= 15 is 0 Å². The van der Waals surface area contributed by atoms with Crippen LogP contribution in [-0.2, 0) is 0 Å². The molecule has 0 aromatic heterocycles. The van der Waals surface area contributed by atoms with Crippen LogP contribution in [0, 0.1) is 0 Å². The summed E-state index contributed by atoms with van der Waals surface area (Å²) in [6, 6.07) is 8.46. The van der Waals surface area contributed by atoms with Crippen molar-refractivity contribution in [1.29, 1.82) is 0 Å². The molecule has 3 N–H and O–H groups in total. The summed E-state index contributed by atoms with van der Waals surface area (Å²) in [5, 5.41) is 3.36. The summed E-state index contributed by atoms with van der Waals surface area (Å²) in [4.78, 5) is 1.34. The third-order valence-corrected chi connectivity index (χ3v) is 3.51. The van der Waals surface area contributed by atoms with Crippen LogP contribution in [-0.4, -0.2) is 18.8 Å². The van der Waals surface area contributed by atoms with Crippen LogP contribution in [0.1, 0.15) is 26.2 Å². The number of benzene rings is 1. The lowest BCUT2D eigenvalue weighted by molar-refractivity contribution is 0.778. The summed E-state index contributed by atoms with van der Waals surface area (Å²) in [7, 11) is 0. The summed E-state index contributed by atoms with van der Waals surface area (Å²) >= 11 is 1.93. The summed E-state index contributed by atoms with van der Waals surface area (Å²) < 4.78 is 0. The molecule has 0 radical (unpaired) electrons. The smallest absolute Gasteiger partial charge is 0.0478 e. The van der Waals surface area contributed by atoms with Gasteiger partial charge in [-0.05, 0) is 24.3 Å². The second-order valence-electron chi connectivity index (χ2n) is 3.77. The lowest BCUT2D eigenvalue weighted by Gasteiger charge is -2.10. The second-order valence-corrected chi connectivity index (χ2v) is 4.90. The molecule has 0 aliphatic heterocycles. The number of rotatable bonds is 8. The van der Waals surface area contributed by atoms with E-state index in [1.165, 1.54) is 35.6 Å². The van der Waals surface area contributed by atoms with Crippen molar-refractivity contribution in [2.24, 2.45) is 5.73 Å². The Morgan fingerprint density at radius 1 is 1.25 bits per heavy atom. The SMILES string of the molecule is CCCCCSc1ccccc1NCCN. The van der Waals surface area contributed by atoms with E-state index in [9.17, 15) is 0 Å². The molecule has 0 bridgehead atoms. The number of nitrogens with two attached hydrogens (primary N) is 1. The number of nitrogens with one attached hydrogen (secondary N) is 1. The monoisotopic (exact) mass is 238 g/mol. The van der Waals surface area contributed by atoms with Gasteiger partial charge in [0.05, 0.1) is 0 Å². The molecule has 0 amide bonds. The highest BCUT2D eigenvalue weighted by atomic mass is 32.2. The van der Waals surface area contributed by atoms with E-state index in [1.807, 2.05) is 11.8 Å². The predicted octanol–water partition coefficient (Wildman–Crippen LogP) is 3.34. The van der Waals surface area contributed by atoms with E-state index in [1.54, 1.807) is 0 Å². The molecule has 0 aliphatic rings. The van der Waals surface area contributed by atoms with Gasteiger partial charge in [-0.15, -0.1) is 11.8 Å². The van der Waals surface area contributed by atoms with E-state index < -0.39 is 0 Å².